The van der Waals surface area contributed by atoms with E-state index < -0.39 is 18.1 Å². The fourth-order valence-corrected chi connectivity index (χ4v) is 1.72. The summed E-state index contributed by atoms with van der Waals surface area (Å²) < 4.78 is 0.664. The van der Waals surface area contributed by atoms with Crippen molar-refractivity contribution in [2.24, 2.45) is 0 Å². The Morgan fingerprint density at radius 2 is 2.11 bits per heavy atom. The van der Waals surface area contributed by atoms with Crippen molar-refractivity contribution < 1.29 is 19.8 Å². The highest BCUT2D eigenvalue weighted by atomic mass is 79.9. The zero-order valence-corrected chi connectivity index (χ0v) is 12.0. The van der Waals surface area contributed by atoms with Crippen LogP contribution in [-0.4, -0.2) is 34.9 Å². The van der Waals surface area contributed by atoms with Gasteiger partial charge in [-0.05, 0) is 34.1 Å². The molecule has 0 saturated heterocycles. The fourth-order valence-electron chi connectivity index (χ4n) is 1.21. The number of hydrogen-bond donors (Lipinski definition) is 4. The van der Waals surface area contributed by atoms with Gasteiger partial charge >= 0.3 is 12.0 Å². The number of aliphatic carboxylic acids is 1. The molecular weight excluding hydrogens is 339 g/mol. The number of carboxylic acid groups (broad SMARTS) is 1. The van der Waals surface area contributed by atoms with E-state index in [0.717, 1.165) is 0 Å². The monoisotopic (exact) mass is 350 g/mol. The molecule has 4 N–H and O–H groups in total. The van der Waals surface area contributed by atoms with Gasteiger partial charge in [-0.1, -0.05) is 11.6 Å². The minimum atomic E-state index is -1.49. The van der Waals surface area contributed by atoms with Crippen LogP contribution in [-0.2, 0) is 4.79 Å². The standard InChI is InChI=1S/C11H12BrClN2O4/c12-7-2-1-6(13)5-8(7)15-11(19)14-4-3-9(16)10(17)18/h1-2,5,9,16H,3-4H2,(H,17,18)(H2,14,15,19)/t9-/m0/s1. The van der Waals surface area contributed by atoms with Crippen molar-refractivity contribution in [3.05, 3.63) is 27.7 Å². The van der Waals surface area contributed by atoms with E-state index in [9.17, 15) is 9.59 Å². The smallest absolute Gasteiger partial charge is 0.332 e. The third kappa shape index (κ3) is 5.46. The van der Waals surface area contributed by atoms with E-state index in [1.807, 2.05) is 0 Å². The summed E-state index contributed by atoms with van der Waals surface area (Å²) in [5, 5.41) is 22.9. The van der Waals surface area contributed by atoms with Gasteiger partial charge in [0.1, 0.15) is 0 Å². The summed E-state index contributed by atoms with van der Waals surface area (Å²) in [6, 6.07) is 4.40. The Balaban J connectivity index is 2.43. The lowest BCUT2D eigenvalue weighted by atomic mass is 10.2. The van der Waals surface area contributed by atoms with E-state index in [4.69, 9.17) is 21.8 Å². The summed E-state index contributed by atoms with van der Waals surface area (Å²) in [6.45, 7) is 0.0392. The molecule has 1 atom stereocenters. The molecular formula is C11H12BrClN2O4. The summed E-state index contributed by atoms with van der Waals surface area (Å²) in [6.07, 6.45) is -1.56. The predicted molar refractivity (Wildman–Crippen MR) is 74.4 cm³/mol. The van der Waals surface area contributed by atoms with E-state index in [2.05, 4.69) is 26.6 Å². The van der Waals surface area contributed by atoms with Crippen LogP contribution in [0, 0.1) is 0 Å². The normalized spacial score (nSPS) is 11.7. The average molecular weight is 352 g/mol. The molecule has 0 saturated carbocycles. The average Bonchev–Trinajstić information content (AvgIpc) is 2.33. The molecule has 0 fully saturated rings. The minimum Gasteiger partial charge on any atom is -0.479 e. The quantitative estimate of drug-likeness (QED) is 0.652. The second-order valence-corrected chi connectivity index (χ2v) is 4.94. The Kier molecular flexibility index (Phi) is 6.07. The Labute approximate surface area is 122 Å². The van der Waals surface area contributed by atoms with E-state index in [0.29, 0.717) is 15.2 Å². The Hall–Kier alpha value is -1.31. The van der Waals surface area contributed by atoms with E-state index >= 15 is 0 Å². The maximum absolute atomic E-state index is 11.5. The first-order chi connectivity index (χ1) is 8.90. The number of urea groups is 1. The molecule has 6 nitrogen and oxygen atoms in total. The molecule has 1 aromatic rings. The molecule has 1 rings (SSSR count). The Bertz CT molecular complexity index is 484. The highest BCUT2D eigenvalue weighted by Gasteiger charge is 2.13. The van der Waals surface area contributed by atoms with Crippen LogP contribution >= 0.6 is 27.5 Å². The third-order valence-corrected chi connectivity index (χ3v) is 3.09. The summed E-state index contributed by atoms with van der Waals surface area (Å²) in [7, 11) is 0. The Morgan fingerprint density at radius 3 is 2.74 bits per heavy atom. The van der Waals surface area contributed by atoms with Gasteiger partial charge < -0.3 is 20.8 Å². The summed E-state index contributed by atoms with van der Waals surface area (Å²) >= 11 is 9.04. The largest absolute Gasteiger partial charge is 0.479 e. The van der Waals surface area contributed by atoms with Crippen molar-refractivity contribution in [2.75, 3.05) is 11.9 Å². The van der Waals surface area contributed by atoms with Crippen LogP contribution in [0.2, 0.25) is 5.02 Å². The number of hydrogen-bond acceptors (Lipinski definition) is 3. The van der Waals surface area contributed by atoms with Crippen molar-refractivity contribution in [3.8, 4) is 0 Å². The van der Waals surface area contributed by atoms with Gasteiger partial charge in [-0.3, -0.25) is 0 Å². The summed E-state index contributed by atoms with van der Waals surface area (Å²) in [5.74, 6) is -1.32. The van der Waals surface area contributed by atoms with Gasteiger partial charge in [-0.2, -0.15) is 0 Å². The molecule has 0 aliphatic heterocycles. The first kappa shape index (κ1) is 15.7. The predicted octanol–water partition coefficient (Wildman–Crippen LogP) is 2.06. The van der Waals surface area contributed by atoms with Crippen LogP contribution in [0.25, 0.3) is 0 Å². The SMILES string of the molecule is O=C(NCC[C@H](O)C(=O)O)Nc1cc(Cl)ccc1Br. The lowest BCUT2D eigenvalue weighted by Gasteiger charge is -2.10. The highest BCUT2D eigenvalue weighted by Crippen LogP contribution is 2.25. The molecule has 0 aliphatic carbocycles. The lowest BCUT2D eigenvalue weighted by molar-refractivity contribution is -0.146. The van der Waals surface area contributed by atoms with Crippen molar-refractivity contribution in [1.82, 2.24) is 5.32 Å². The number of aliphatic hydroxyl groups is 1. The van der Waals surface area contributed by atoms with Crippen molar-refractivity contribution in [2.45, 2.75) is 12.5 Å². The fraction of sp³-hybridized carbons (Fsp3) is 0.273. The molecule has 8 heteroatoms. The van der Waals surface area contributed by atoms with Crippen LogP contribution in [0.4, 0.5) is 10.5 Å². The lowest BCUT2D eigenvalue weighted by Crippen LogP contribution is -2.33. The van der Waals surface area contributed by atoms with Crippen LogP contribution in [0.3, 0.4) is 0 Å². The van der Waals surface area contributed by atoms with Crippen molar-refractivity contribution >= 4 is 45.2 Å². The number of rotatable bonds is 5. The first-order valence-electron chi connectivity index (χ1n) is 5.31. The molecule has 19 heavy (non-hydrogen) atoms. The second-order valence-electron chi connectivity index (χ2n) is 3.65. The van der Waals surface area contributed by atoms with Gasteiger partial charge in [0.05, 0.1) is 5.69 Å². The molecule has 0 bridgehead atoms. The molecule has 2 amide bonds. The number of anilines is 1. The van der Waals surface area contributed by atoms with Crippen LogP contribution in [0.5, 0.6) is 0 Å². The third-order valence-electron chi connectivity index (χ3n) is 2.16. The number of carbonyl (C=O) groups excluding carboxylic acids is 1. The molecule has 0 spiro atoms. The highest BCUT2D eigenvalue weighted by molar-refractivity contribution is 9.10. The zero-order chi connectivity index (χ0) is 14.4. The Morgan fingerprint density at radius 1 is 1.42 bits per heavy atom. The number of carboxylic acids is 1. The summed E-state index contributed by atoms with van der Waals surface area (Å²) in [4.78, 5) is 21.9. The van der Waals surface area contributed by atoms with Crippen LogP contribution in [0.15, 0.2) is 22.7 Å². The number of carbonyl (C=O) groups is 2. The van der Waals surface area contributed by atoms with E-state index in [1.165, 1.54) is 0 Å². The molecule has 0 radical (unpaired) electrons. The molecule has 104 valence electrons. The zero-order valence-electron chi connectivity index (χ0n) is 9.69. The van der Waals surface area contributed by atoms with Crippen molar-refractivity contribution in [3.63, 3.8) is 0 Å². The topological polar surface area (TPSA) is 98.7 Å². The second kappa shape index (κ2) is 7.32. The van der Waals surface area contributed by atoms with Crippen molar-refractivity contribution in [1.29, 1.82) is 0 Å². The van der Waals surface area contributed by atoms with E-state index in [-0.39, 0.29) is 13.0 Å². The van der Waals surface area contributed by atoms with Gasteiger partial charge in [0.2, 0.25) is 0 Å². The molecule has 0 aliphatic rings. The van der Waals surface area contributed by atoms with Gasteiger partial charge in [0, 0.05) is 22.5 Å². The van der Waals surface area contributed by atoms with Gasteiger partial charge in [-0.15, -0.1) is 0 Å². The molecule has 0 unspecified atom stereocenters. The minimum absolute atomic E-state index is 0.0392. The van der Waals surface area contributed by atoms with Crippen LogP contribution in [0.1, 0.15) is 6.42 Å². The number of aliphatic hydroxyl groups excluding tert-OH is 1. The van der Waals surface area contributed by atoms with E-state index in [1.54, 1.807) is 18.2 Å². The van der Waals surface area contributed by atoms with Gasteiger partial charge in [0.25, 0.3) is 0 Å². The molecule has 0 heterocycles. The maximum Gasteiger partial charge on any atom is 0.332 e. The number of halogens is 2. The molecule has 1 aromatic carbocycles. The number of nitrogens with one attached hydrogen (secondary N) is 2. The number of benzene rings is 1. The van der Waals surface area contributed by atoms with Gasteiger partial charge in [-0.25, -0.2) is 9.59 Å². The number of amides is 2. The van der Waals surface area contributed by atoms with Gasteiger partial charge in [0.15, 0.2) is 6.10 Å². The van der Waals surface area contributed by atoms with Crippen LogP contribution < -0.4 is 10.6 Å². The summed E-state index contributed by atoms with van der Waals surface area (Å²) in [5.41, 5.74) is 0.490. The first-order valence-corrected chi connectivity index (χ1v) is 6.48. The molecule has 0 aromatic heterocycles. The maximum atomic E-state index is 11.5.